The third-order valence-corrected chi connectivity index (χ3v) is 5.83. The molecule has 0 N–H and O–H groups in total. The largest absolute Gasteiger partial charge is 0.376 e. The molecule has 3 rings (SSSR count). The van der Waals surface area contributed by atoms with Crippen molar-refractivity contribution in [2.45, 2.75) is 64.8 Å². The van der Waals surface area contributed by atoms with Crippen LogP contribution < -0.4 is 0 Å². The molecule has 1 aliphatic rings. The molecule has 0 saturated heterocycles. The van der Waals surface area contributed by atoms with Crippen LogP contribution in [0.1, 0.15) is 62.5 Å². The maximum Gasteiger partial charge on any atom is 0.0926 e. The molecule has 2 aromatic rings. The summed E-state index contributed by atoms with van der Waals surface area (Å²) in [6.07, 6.45) is 6.68. The summed E-state index contributed by atoms with van der Waals surface area (Å²) in [5.74, 6) is 0. The Hall–Kier alpha value is -1.16. The van der Waals surface area contributed by atoms with Crippen molar-refractivity contribution < 1.29 is 9.47 Å². The zero-order valence-electron chi connectivity index (χ0n) is 15.4. The summed E-state index contributed by atoms with van der Waals surface area (Å²) >= 11 is 1.81. The summed E-state index contributed by atoms with van der Waals surface area (Å²) in [6, 6.07) is 14.7. The third-order valence-electron chi connectivity index (χ3n) is 4.86. The van der Waals surface area contributed by atoms with Crippen molar-refractivity contribution >= 4 is 11.3 Å². The van der Waals surface area contributed by atoms with Gasteiger partial charge >= 0.3 is 0 Å². The highest BCUT2D eigenvalue weighted by atomic mass is 32.1. The van der Waals surface area contributed by atoms with E-state index in [0.717, 1.165) is 13.0 Å². The van der Waals surface area contributed by atoms with Crippen molar-refractivity contribution in [3.63, 3.8) is 0 Å². The summed E-state index contributed by atoms with van der Waals surface area (Å²) < 4.78 is 12.5. The highest BCUT2D eigenvalue weighted by molar-refractivity contribution is 7.10. The second kappa shape index (κ2) is 8.98. The predicted octanol–water partition coefficient (Wildman–Crippen LogP) is 6.38. The SMILES string of the molecule is CC(C)(COCc1ccccc1)CC(OC1CCCC1)c1cccs1. The Labute approximate surface area is 156 Å². The second-order valence-corrected chi connectivity index (χ2v) is 8.87. The van der Waals surface area contributed by atoms with Gasteiger partial charge in [0, 0.05) is 4.88 Å². The van der Waals surface area contributed by atoms with E-state index in [-0.39, 0.29) is 11.5 Å². The molecule has 1 aromatic carbocycles. The Kier molecular flexibility index (Phi) is 6.69. The lowest BCUT2D eigenvalue weighted by molar-refractivity contribution is -0.0464. The van der Waals surface area contributed by atoms with Gasteiger partial charge in [-0.2, -0.15) is 0 Å². The maximum atomic E-state index is 6.51. The van der Waals surface area contributed by atoms with Crippen molar-refractivity contribution in [2.75, 3.05) is 6.61 Å². The van der Waals surface area contributed by atoms with E-state index in [1.165, 1.54) is 36.1 Å². The van der Waals surface area contributed by atoms with Gasteiger partial charge in [0.25, 0.3) is 0 Å². The molecule has 1 saturated carbocycles. The zero-order chi connectivity index (χ0) is 17.5. The molecular weight excluding hydrogens is 328 g/mol. The molecule has 1 aromatic heterocycles. The van der Waals surface area contributed by atoms with Crippen LogP contribution in [0.15, 0.2) is 47.8 Å². The fraction of sp³-hybridized carbons (Fsp3) is 0.545. The van der Waals surface area contributed by atoms with Crippen LogP contribution in [-0.4, -0.2) is 12.7 Å². The number of rotatable bonds is 9. The molecule has 25 heavy (non-hydrogen) atoms. The van der Waals surface area contributed by atoms with Crippen LogP contribution >= 0.6 is 11.3 Å². The molecule has 1 fully saturated rings. The minimum absolute atomic E-state index is 0.0854. The van der Waals surface area contributed by atoms with Crippen molar-refractivity contribution in [1.82, 2.24) is 0 Å². The van der Waals surface area contributed by atoms with Crippen LogP contribution in [0.3, 0.4) is 0 Å². The Morgan fingerprint density at radius 2 is 1.84 bits per heavy atom. The van der Waals surface area contributed by atoms with Crippen LogP contribution in [0.2, 0.25) is 0 Å². The number of benzene rings is 1. The molecule has 0 spiro atoms. The Bertz CT molecular complexity index is 600. The summed E-state index contributed by atoms with van der Waals surface area (Å²) in [5, 5.41) is 2.15. The fourth-order valence-electron chi connectivity index (χ4n) is 3.53. The van der Waals surface area contributed by atoms with Crippen LogP contribution in [0.5, 0.6) is 0 Å². The lowest BCUT2D eigenvalue weighted by Gasteiger charge is -2.31. The van der Waals surface area contributed by atoms with Gasteiger partial charge in [0.05, 0.1) is 25.4 Å². The van der Waals surface area contributed by atoms with Gasteiger partial charge in [-0.15, -0.1) is 11.3 Å². The molecule has 0 radical (unpaired) electrons. The van der Waals surface area contributed by atoms with Gasteiger partial charge in [0.15, 0.2) is 0 Å². The normalized spacial score (nSPS) is 17.0. The van der Waals surface area contributed by atoms with Crippen molar-refractivity contribution in [2.24, 2.45) is 5.41 Å². The third kappa shape index (κ3) is 5.95. The van der Waals surface area contributed by atoms with Crippen LogP contribution in [0.4, 0.5) is 0 Å². The van der Waals surface area contributed by atoms with Gasteiger partial charge in [-0.25, -0.2) is 0 Å². The number of hydrogen-bond donors (Lipinski definition) is 0. The Morgan fingerprint density at radius 3 is 2.52 bits per heavy atom. The number of thiophene rings is 1. The first-order valence-electron chi connectivity index (χ1n) is 9.43. The van der Waals surface area contributed by atoms with Crippen molar-refractivity contribution in [3.8, 4) is 0 Å². The van der Waals surface area contributed by atoms with Gasteiger partial charge in [0.2, 0.25) is 0 Å². The van der Waals surface area contributed by atoms with E-state index in [9.17, 15) is 0 Å². The second-order valence-electron chi connectivity index (χ2n) is 7.89. The minimum Gasteiger partial charge on any atom is -0.376 e. The molecule has 1 unspecified atom stereocenters. The monoisotopic (exact) mass is 358 g/mol. The van der Waals surface area contributed by atoms with Gasteiger partial charge in [-0.3, -0.25) is 0 Å². The van der Waals surface area contributed by atoms with E-state index >= 15 is 0 Å². The van der Waals surface area contributed by atoms with Gasteiger partial charge in [0.1, 0.15) is 0 Å². The number of hydrogen-bond acceptors (Lipinski definition) is 3. The molecule has 0 bridgehead atoms. The van der Waals surface area contributed by atoms with Gasteiger partial charge < -0.3 is 9.47 Å². The smallest absolute Gasteiger partial charge is 0.0926 e. The van der Waals surface area contributed by atoms with Crippen LogP contribution in [-0.2, 0) is 16.1 Å². The van der Waals surface area contributed by atoms with E-state index in [0.29, 0.717) is 12.7 Å². The summed E-state index contributed by atoms with van der Waals surface area (Å²) in [4.78, 5) is 1.35. The molecule has 1 atom stereocenters. The quantitative estimate of drug-likeness (QED) is 0.517. The molecule has 2 nitrogen and oxygen atoms in total. The molecular formula is C22H30O2S. The van der Waals surface area contributed by atoms with E-state index in [1.807, 2.05) is 17.4 Å². The Balaban J connectivity index is 1.55. The van der Waals surface area contributed by atoms with E-state index in [2.05, 4.69) is 55.6 Å². The summed E-state index contributed by atoms with van der Waals surface area (Å²) in [6.45, 7) is 6.00. The standard InChI is InChI=1S/C22H30O2S/c1-22(2,17-23-16-18-9-4-3-5-10-18)15-20(21-13-8-14-25-21)24-19-11-6-7-12-19/h3-5,8-10,13-14,19-20H,6-7,11-12,15-17H2,1-2H3. The van der Waals surface area contributed by atoms with Crippen molar-refractivity contribution in [3.05, 3.63) is 58.3 Å². The molecule has 3 heteroatoms. The molecule has 136 valence electrons. The topological polar surface area (TPSA) is 18.5 Å². The van der Waals surface area contributed by atoms with E-state index < -0.39 is 0 Å². The lowest BCUT2D eigenvalue weighted by atomic mass is 9.87. The first-order valence-corrected chi connectivity index (χ1v) is 10.3. The van der Waals surface area contributed by atoms with Crippen LogP contribution in [0, 0.1) is 5.41 Å². The average Bonchev–Trinajstić information content (AvgIpc) is 3.28. The summed E-state index contributed by atoms with van der Waals surface area (Å²) in [5.41, 5.74) is 1.32. The van der Waals surface area contributed by atoms with Crippen molar-refractivity contribution in [1.29, 1.82) is 0 Å². The molecule has 1 aliphatic carbocycles. The lowest BCUT2D eigenvalue weighted by Crippen LogP contribution is -2.25. The van der Waals surface area contributed by atoms with E-state index in [1.54, 1.807) is 0 Å². The fourth-order valence-corrected chi connectivity index (χ4v) is 4.29. The van der Waals surface area contributed by atoms with E-state index in [4.69, 9.17) is 9.47 Å². The summed E-state index contributed by atoms with van der Waals surface area (Å²) in [7, 11) is 0. The van der Waals surface area contributed by atoms with Gasteiger partial charge in [-0.1, -0.05) is 63.1 Å². The molecule has 0 amide bonds. The first-order chi connectivity index (χ1) is 12.1. The molecule has 0 aliphatic heterocycles. The Morgan fingerprint density at radius 1 is 1.08 bits per heavy atom. The number of ether oxygens (including phenoxy) is 2. The molecule has 1 heterocycles. The van der Waals surface area contributed by atoms with Gasteiger partial charge in [-0.05, 0) is 41.7 Å². The maximum absolute atomic E-state index is 6.51. The average molecular weight is 359 g/mol. The van der Waals surface area contributed by atoms with Crippen LogP contribution in [0.25, 0.3) is 0 Å². The first kappa shape index (κ1) is 18.6. The predicted molar refractivity (Wildman–Crippen MR) is 105 cm³/mol. The minimum atomic E-state index is 0.0854. The zero-order valence-corrected chi connectivity index (χ0v) is 16.3. The highest BCUT2D eigenvalue weighted by Gasteiger charge is 2.29. The highest BCUT2D eigenvalue weighted by Crippen LogP contribution is 2.38.